The molecule has 1 aliphatic carbocycles. The number of amides is 1. The first-order valence-corrected chi connectivity index (χ1v) is 7.63. The van der Waals surface area contributed by atoms with Crippen LogP contribution < -0.4 is 5.32 Å². The van der Waals surface area contributed by atoms with Crippen molar-refractivity contribution in [2.24, 2.45) is 0 Å². The van der Waals surface area contributed by atoms with Crippen LogP contribution in [0, 0.1) is 6.92 Å². The van der Waals surface area contributed by atoms with Crippen LogP contribution >= 0.6 is 0 Å². The van der Waals surface area contributed by atoms with Crippen molar-refractivity contribution in [1.82, 2.24) is 5.32 Å². The van der Waals surface area contributed by atoms with Crippen LogP contribution in [0.1, 0.15) is 49.7 Å². The highest BCUT2D eigenvalue weighted by Crippen LogP contribution is 2.28. The first-order valence-electron chi connectivity index (χ1n) is 7.63. The fourth-order valence-corrected chi connectivity index (χ4v) is 2.89. The van der Waals surface area contributed by atoms with E-state index in [1.54, 1.807) is 0 Å². The minimum atomic E-state index is -0.647. The molecule has 2 rings (SSSR count). The minimum Gasteiger partial charge on any atom is -0.388 e. The molecule has 1 fully saturated rings. The average molecular weight is 275 g/mol. The van der Waals surface area contributed by atoms with Gasteiger partial charge in [-0.15, -0.1) is 0 Å². The summed E-state index contributed by atoms with van der Waals surface area (Å²) in [7, 11) is 0. The summed E-state index contributed by atoms with van der Waals surface area (Å²) in [6.45, 7) is 2.52. The van der Waals surface area contributed by atoms with Gasteiger partial charge in [0, 0.05) is 13.0 Å². The molecule has 20 heavy (non-hydrogen) atoms. The van der Waals surface area contributed by atoms with Gasteiger partial charge in [0.25, 0.3) is 0 Å². The van der Waals surface area contributed by atoms with E-state index in [0.717, 1.165) is 38.5 Å². The first kappa shape index (κ1) is 15.0. The lowest BCUT2D eigenvalue weighted by Crippen LogP contribution is -2.40. The molecular formula is C17H25NO2. The van der Waals surface area contributed by atoms with Crippen molar-refractivity contribution in [3.05, 3.63) is 35.4 Å². The van der Waals surface area contributed by atoms with E-state index in [1.165, 1.54) is 11.1 Å². The SMILES string of the molecule is Cc1ccccc1CCCC(=O)NCC1(O)CCCC1. The molecule has 1 saturated carbocycles. The van der Waals surface area contributed by atoms with Gasteiger partial charge in [-0.1, -0.05) is 37.1 Å². The maximum Gasteiger partial charge on any atom is 0.220 e. The van der Waals surface area contributed by atoms with Crippen molar-refractivity contribution >= 4 is 5.91 Å². The lowest BCUT2D eigenvalue weighted by Gasteiger charge is -2.22. The molecular weight excluding hydrogens is 250 g/mol. The Kier molecular flexibility index (Phi) is 5.18. The number of hydrogen-bond donors (Lipinski definition) is 2. The van der Waals surface area contributed by atoms with Crippen molar-refractivity contribution in [2.75, 3.05) is 6.54 Å². The number of hydrogen-bond acceptors (Lipinski definition) is 2. The Morgan fingerprint density at radius 1 is 1.30 bits per heavy atom. The van der Waals surface area contributed by atoms with Crippen LogP contribution in [0.4, 0.5) is 0 Å². The number of aliphatic hydroxyl groups is 1. The number of aryl methyl sites for hydroxylation is 2. The Labute approximate surface area is 121 Å². The third-order valence-corrected chi connectivity index (χ3v) is 4.26. The molecule has 3 heteroatoms. The molecule has 0 radical (unpaired) electrons. The van der Waals surface area contributed by atoms with E-state index < -0.39 is 5.60 Å². The van der Waals surface area contributed by atoms with E-state index in [0.29, 0.717) is 13.0 Å². The summed E-state index contributed by atoms with van der Waals surface area (Å²) in [4.78, 5) is 11.8. The number of rotatable bonds is 6. The molecule has 0 aromatic heterocycles. The van der Waals surface area contributed by atoms with E-state index in [4.69, 9.17) is 0 Å². The number of carbonyl (C=O) groups excluding carboxylic acids is 1. The second-order valence-electron chi connectivity index (χ2n) is 5.99. The minimum absolute atomic E-state index is 0.0545. The maximum atomic E-state index is 11.8. The van der Waals surface area contributed by atoms with E-state index in [1.807, 2.05) is 12.1 Å². The largest absolute Gasteiger partial charge is 0.388 e. The van der Waals surface area contributed by atoms with E-state index in [2.05, 4.69) is 24.4 Å². The van der Waals surface area contributed by atoms with Gasteiger partial charge in [0.05, 0.1) is 5.60 Å². The van der Waals surface area contributed by atoms with Gasteiger partial charge in [0.1, 0.15) is 0 Å². The second kappa shape index (κ2) is 6.89. The van der Waals surface area contributed by atoms with Crippen LogP contribution in [0.3, 0.4) is 0 Å². The van der Waals surface area contributed by atoms with Gasteiger partial charge in [-0.2, -0.15) is 0 Å². The second-order valence-corrected chi connectivity index (χ2v) is 5.99. The fraction of sp³-hybridized carbons (Fsp3) is 0.588. The van der Waals surface area contributed by atoms with Gasteiger partial charge in [0.2, 0.25) is 5.91 Å². The van der Waals surface area contributed by atoms with Gasteiger partial charge < -0.3 is 10.4 Å². The summed E-state index contributed by atoms with van der Waals surface area (Å²) < 4.78 is 0. The van der Waals surface area contributed by atoms with E-state index >= 15 is 0 Å². The lowest BCUT2D eigenvalue weighted by atomic mass is 10.0. The van der Waals surface area contributed by atoms with Crippen molar-refractivity contribution in [3.8, 4) is 0 Å². The van der Waals surface area contributed by atoms with Gasteiger partial charge in [0.15, 0.2) is 0 Å². The quantitative estimate of drug-likeness (QED) is 0.838. The van der Waals surface area contributed by atoms with Crippen molar-refractivity contribution in [1.29, 1.82) is 0 Å². The first-order chi connectivity index (χ1) is 9.59. The molecule has 0 heterocycles. The molecule has 1 amide bonds. The molecule has 0 atom stereocenters. The maximum absolute atomic E-state index is 11.8. The highest BCUT2D eigenvalue weighted by atomic mass is 16.3. The van der Waals surface area contributed by atoms with Gasteiger partial charge in [-0.25, -0.2) is 0 Å². The third-order valence-electron chi connectivity index (χ3n) is 4.26. The van der Waals surface area contributed by atoms with E-state index in [-0.39, 0.29) is 5.91 Å². The Morgan fingerprint density at radius 2 is 2.00 bits per heavy atom. The highest BCUT2D eigenvalue weighted by molar-refractivity contribution is 5.75. The third kappa shape index (κ3) is 4.34. The Hall–Kier alpha value is -1.35. The zero-order valence-corrected chi connectivity index (χ0v) is 12.3. The van der Waals surface area contributed by atoms with Gasteiger partial charge >= 0.3 is 0 Å². The van der Waals surface area contributed by atoms with Gasteiger partial charge in [-0.3, -0.25) is 4.79 Å². The molecule has 1 aliphatic rings. The van der Waals surface area contributed by atoms with Crippen LogP contribution in [-0.2, 0) is 11.2 Å². The van der Waals surface area contributed by atoms with Crippen LogP contribution in [0.15, 0.2) is 24.3 Å². The van der Waals surface area contributed by atoms with Crippen LogP contribution in [-0.4, -0.2) is 23.2 Å². The van der Waals surface area contributed by atoms with Crippen molar-refractivity contribution < 1.29 is 9.90 Å². The monoisotopic (exact) mass is 275 g/mol. The smallest absolute Gasteiger partial charge is 0.220 e. The molecule has 1 aromatic rings. The zero-order chi connectivity index (χ0) is 14.4. The van der Waals surface area contributed by atoms with Crippen LogP contribution in [0.5, 0.6) is 0 Å². The summed E-state index contributed by atoms with van der Waals surface area (Å²) in [6.07, 6.45) is 6.09. The summed E-state index contributed by atoms with van der Waals surface area (Å²) in [5.74, 6) is 0.0545. The predicted molar refractivity (Wildman–Crippen MR) is 80.5 cm³/mol. The molecule has 3 nitrogen and oxygen atoms in total. The zero-order valence-electron chi connectivity index (χ0n) is 12.3. The highest BCUT2D eigenvalue weighted by Gasteiger charge is 2.31. The Balaban J connectivity index is 1.67. The Bertz CT molecular complexity index is 450. The lowest BCUT2D eigenvalue weighted by molar-refractivity contribution is -0.122. The van der Waals surface area contributed by atoms with Crippen molar-refractivity contribution in [3.63, 3.8) is 0 Å². The summed E-state index contributed by atoms with van der Waals surface area (Å²) in [5.41, 5.74) is 1.95. The molecule has 0 bridgehead atoms. The molecule has 0 unspecified atom stereocenters. The number of nitrogens with one attached hydrogen (secondary N) is 1. The van der Waals surface area contributed by atoms with E-state index in [9.17, 15) is 9.90 Å². The van der Waals surface area contributed by atoms with Gasteiger partial charge in [-0.05, 0) is 43.7 Å². The summed E-state index contributed by atoms with van der Waals surface area (Å²) in [6, 6.07) is 8.30. The summed E-state index contributed by atoms with van der Waals surface area (Å²) >= 11 is 0. The molecule has 0 aliphatic heterocycles. The predicted octanol–water partition coefficient (Wildman–Crippen LogP) is 2.74. The number of carbonyl (C=O) groups is 1. The molecule has 2 N–H and O–H groups in total. The number of benzene rings is 1. The molecule has 1 aromatic carbocycles. The normalized spacial score (nSPS) is 17.1. The fourth-order valence-electron chi connectivity index (χ4n) is 2.89. The molecule has 110 valence electrons. The average Bonchev–Trinajstić information content (AvgIpc) is 2.86. The standard InChI is InChI=1S/C17H25NO2/c1-14-7-2-3-8-15(14)9-6-10-16(19)18-13-17(20)11-4-5-12-17/h2-3,7-8,20H,4-6,9-13H2,1H3,(H,18,19). The topological polar surface area (TPSA) is 49.3 Å². The molecule has 0 spiro atoms. The Morgan fingerprint density at radius 3 is 2.70 bits per heavy atom. The molecule has 0 saturated heterocycles. The van der Waals surface area contributed by atoms with Crippen LogP contribution in [0.2, 0.25) is 0 Å². The van der Waals surface area contributed by atoms with Crippen molar-refractivity contribution in [2.45, 2.75) is 57.5 Å². The summed E-state index contributed by atoms with van der Waals surface area (Å²) in [5, 5.41) is 13.0. The van der Waals surface area contributed by atoms with Crippen LogP contribution in [0.25, 0.3) is 0 Å².